The molecule has 80 valence electrons. The summed E-state index contributed by atoms with van der Waals surface area (Å²) in [6.45, 7) is 7.76. The van der Waals surface area contributed by atoms with Gasteiger partial charge in [-0.1, -0.05) is 44.7 Å². The summed E-state index contributed by atoms with van der Waals surface area (Å²) in [5.74, 6) is -0.465. The van der Waals surface area contributed by atoms with Gasteiger partial charge in [0.2, 0.25) is 0 Å². The fourth-order valence-electron chi connectivity index (χ4n) is 1.38. The molecule has 0 bridgehead atoms. The first-order valence-electron chi connectivity index (χ1n) is 5.00. The Bertz CT molecular complexity index is 378. The molecule has 0 amide bonds. The van der Waals surface area contributed by atoms with Crippen molar-refractivity contribution in [1.82, 2.24) is 0 Å². The monoisotopic (exact) mass is 204 g/mol. The van der Waals surface area contributed by atoms with E-state index in [9.17, 15) is 4.79 Å². The lowest BCUT2D eigenvalue weighted by atomic mass is 9.98. The molecule has 0 aliphatic heterocycles. The highest BCUT2D eigenvalue weighted by Crippen LogP contribution is 2.17. The summed E-state index contributed by atoms with van der Waals surface area (Å²) in [6.07, 6.45) is 0.413. The Morgan fingerprint density at radius 2 is 2.13 bits per heavy atom. The summed E-state index contributed by atoms with van der Waals surface area (Å²) in [6, 6.07) is 7.98. The summed E-state index contributed by atoms with van der Waals surface area (Å²) < 4.78 is 0. The number of rotatable bonds is 4. The lowest BCUT2D eigenvalue weighted by Gasteiger charge is -2.07. The van der Waals surface area contributed by atoms with Crippen molar-refractivity contribution in [2.45, 2.75) is 26.2 Å². The molecule has 15 heavy (non-hydrogen) atoms. The molecule has 0 spiro atoms. The third-order valence-electron chi connectivity index (χ3n) is 2.34. The highest BCUT2D eigenvalue weighted by atomic mass is 16.4. The van der Waals surface area contributed by atoms with Crippen molar-refractivity contribution in [3.8, 4) is 0 Å². The van der Waals surface area contributed by atoms with Crippen LogP contribution in [0.1, 0.15) is 30.9 Å². The first-order valence-corrected chi connectivity index (χ1v) is 5.00. The van der Waals surface area contributed by atoms with Crippen molar-refractivity contribution in [2.24, 2.45) is 0 Å². The highest BCUT2D eigenvalue weighted by molar-refractivity contribution is 5.86. The number of carbonyl (C=O) groups is 1. The molecule has 0 aromatic heterocycles. The Morgan fingerprint density at radius 3 is 2.67 bits per heavy atom. The van der Waals surface area contributed by atoms with E-state index in [1.807, 2.05) is 18.2 Å². The predicted octanol–water partition coefficient (Wildman–Crippen LogP) is 2.99. The van der Waals surface area contributed by atoms with E-state index in [1.54, 1.807) is 0 Å². The van der Waals surface area contributed by atoms with E-state index in [2.05, 4.69) is 26.5 Å². The molecule has 0 radical (unpaired) electrons. The number of benzene rings is 1. The summed E-state index contributed by atoms with van der Waals surface area (Å²) in [5.41, 5.74) is 2.47. The second kappa shape index (κ2) is 4.78. The van der Waals surface area contributed by atoms with Crippen LogP contribution in [0.2, 0.25) is 0 Å². The van der Waals surface area contributed by atoms with E-state index >= 15 is 0 Å². The van der Waals surface area contributed by atoms with Crippen molar-refractivity contribution in [1.29, 1.82) is 0 Å². The fraction of sp³-hybridized carbons (Fsp3) is 0.308. The zero-order chi connectivity index (χ0) is 11.4. The molecular weight excluding hydrogens is 188 g/mol. The van der Waals surface area contributed by atoms with Crippen molar-refractivity contribution in [3.63, 3.8) is 0 Å². The van der Waals surface area contributed by atoms with Crippen LogP contribution in [0.4, 0.5) is 0 Å². The van der Waals surface area contributed by atoms with Gasteiger partial charge >= 0.3 is 5.97 Å². The molecular formula is C13H16O2. The van der Waals surface area contributed by atoms with Gasteiger partial charge in [-0.2, -0.15) is 0 Å². The molecule has 0 aliphatic rings. The Balaban J connectivity index is 2.82. The molecule has 2 nitrogen and oxygen atoms in total. The SMILES string of the molecule is C=C(Cc1cccc(C(C)C)c1)C(=O)O. The summed E-state index contributed by atoms with van der Waals surface area (Å²) in [4.78, 5) is 10.6. The molecule has 0 saturated carbocycles. The van der Waals surface area contributed by atoms with Crippen LogP contribution in [0.25, 0.3) is 0 Å². The molecule has 1 rings (SSSR count). The molecule has 1 N–H and O–H groups in total. The molecule has 0 fully saturated rings. The maximum atomic E-state index is 10.6. The summed E-state index contributed by atoms with van der Waals surface area (Å²) in [7, 11) is 0. The number of carboxylic acid groups (broad SMARTS) is 1. The maximum Gasteiger partial charge on any atom is 0.331 e. The van der Waals surface area contributed by atoms with Crippen LogP contribution in [-0.2, 0) is 11.2 Å². The average molecular weight is 204 g/mol. The van der Waals surface area contributed by atoms with E-state index in [0.717, 1.165) is 5.56 Å². The van der Waals surface area contributed by atoms with Gasteiger partial charge in [-0.15, -0.1) is 0 Å². The van der Waals surface area contributed by atoms with Crippen LogP contribution in [0.15, 0.2) is 36.4 Å². The second-order valence-electron chi connectivity index (χ2n) is 3.99. The zero-order valence-corrected chi connectivity index (χ0v) is 9.16. The van der Waals surface area contributed by atoms with E-state index in [1.165, 1.54) is 5.56 Å². The van der Waals surface area contributed by atoms with Gasteiger partial charge in [-0.25, -0.2) is 4.79 Å². The molecule has 0 saturated heterocycles. The van der Waals surface area contributed by atoms with Gasteiger partial charge in [0.1, 0.15) is 0 Å². The minimum absolute atomic E-state index is 0.232. The van der Waals surface area contributed by atoms with Crippen molar-refractivity contribution < 1.29 is 9.90 Å². The van der Waals surface area contributed by atoms with Crippen molar-refractivity contribution in [3.05, 3.63) is 47.5 Å². The molecule has 0 heterocycles. The van der Waals surface area contributed by atoms with Gasteiger partial charge in [0, 0.05) is 12.0 Å². The normalized spacial score (nSPS) is 10.3. The van der Waals surface area contributed by atoms with Crippen LogP contribution in [0.5, 0.6) is 0 Å². The van der Waals surface area contributed by atoms with Gasteiger partial charge in [-0.05, 0) is 17.0 Å². The van der Waals surface area contributed by atoms with Crippen LogP contribution >= 0.6 is 0 Å². The minimum atomic E-state index is -0.926. The molecule has 0 atom stereocenters. The van der Waals surface area contributed by atoms with Crippen LogP contribution in [-0.4, -0.2) is 11.1 Å². The van der Waals surface area contributed by atoms with E-state index in [0.29, 0.717) is 12.3 Å². The quantitative estimate of drug-likeness (QED) is 0.765. The van der Waals surface area contributed by atoms with Crippen LogP contribution in [0, 0.1) is 0 Å². The lowest BCUT2D eigenvalue weighted by molar-refractivity contribution is -0.132. The molecule has 0 aliphatic carbocycles. The molecule has 1 aromatic rings. The van der Waals surface area contributed by atoms with Crippen LogP contribution < -0.4 is 0 Å². The number of hydrogen-bond acceptors (Lipinski definition) is 1. The van der Waals surface area contributed by atoms with Gasteiger partial charge in [0.15, 0.2) is 0 Å². The number of hydrogen-bond donors (Lipinski definition) is 1. The number of aliphatic carboxylic acids is 1. The standard InChI is InChI=1S/C13H16O2/c1-9(2)12-6-4-5-11(8-12)7-10(3)13(14)15/h4-6,8-9H,3,7H2,1-2H3,(H,14,15). The third-order valence-corrected chi connectivity index (χ3v) is 2.34. The van der Waals surface area contributed by atoms with Gasteiger partial charge in [0.05, 0.1) is 0 Å². The minimum Gasteiger partial charge on any atom is -0.478 e. The van der Waals surface area contributed by atoms with Gasteiger partial charge < -0.3 is 5.11 Å². The predicted molar refractivity (Wildman–Crippen MR) is 61.0 cm³/mol. The Kier molecular flexibility index (Phi) is 3.67. The first kappa shape index (κ1) is 11.5. The largest absolute Gasteiger partial charge is 0.478 e. The van der Waals surface area contributed by atoms with E-state index in [4.69, 9.17) is 5.11 Å². The molecule has 0 unspecified atom stereocenters. The first-order chi connectivity index (χ1) is 7.00. The smallest absolute Gasteiger partial charge is 0.331 e. The average Bonchev–Trinajstić information content (AvgIpc) is 2.18. The third kappa shape index (κ3) is 3.24. The molecule has 2 heteroatoms. The van der Waals surface area contributed by atoms with E-state index < -0.39 is 5.97 Å². The Hall–Kier alpha value is -1.57. The topological polar surface area (TPSA) is 37.3 Å². The second-order valence-corrected chi connectivity index (χ2v) is 3.99. The number of carboxylic acids is 1. The van der Waals surface area contributed by atoms with Gasteiger partial charge in [-0.3, -0.25) is 0 Å². The van der Waals surface area contributed by atoms with Crippen molar-refractivity contribution in [2.75, 3.05) is 0 Å². The zero-order valence-electron chi connectivity index (χ0n) is 9.16. The molecule has 1 aromatic carbocycles. The Morgan fingerprint density at radius 1 is 1.47 bits per heavy atom. The van der Waals surface area contributed by atoms with Crippen molar-refractivity contribution >= 4 is 5.97 Å². The van der Waals surface area contributed by atoms with E-state index in [-0.39, 0.29) is 5.57 Å². The van der Waals surface area contributed by atoms with Crippen LogP contribution in [0.3, 0.4) is 0 Å². The Labute approximate surface area is 90.3 Å². The van der Waals surface area contributed by atoms with Gasteiger partial charge in [0.25, 0.3) is 0 Å². The summed E-state index contributed by atoms with van der Waals surface area (Å²) >= 11 is 0. The fourth-order valence-corrected chi connectivity index (χ4v) is 1.38. The maximum absolute atomic E-state index is 10.6. The lowest BCUT2D eigenvalue weighted by Crippen LogP contribution is -2.02. The summed E-state index contributed by atoms with van der Waals surface area (Å²) in [5, 5.41) is 8.72. The highest BCUT2D eigenvalue weighted by Gasteiger charge is 2.06.